The molecular weight excluding hydrogens is 258 g/mol. The Kier molecular flexibility index (Phi) is 2.77. The maximum atomic E-state index is 9.37. The van der Waals surface area contributed by atoms with Gasteiger partial charge in [-0.3, -0.25) is 0 Å². The Bertz CT molecular complexity index is 479. The van der Waals surface area contributed by atoms with Gasteiger partial charge in [0.05, 0.1) is 0 Å². The molecule has 0 unspecified atom stereocenters. The van der Waals surface area contributed by atoms with Gasteiger partial charge in [0.1, 0.15) is 17.2 Å². The minimum atomic E-state index is 0.230. The average molecular weight is 268 g/mol. The number of nitrogens with zero attached hydrogens (tertiary/aromatic N) is 1. The molecule has 15 heavy (non-hydrogen) atoms. The average Bonchev–Trinajstić information content (AvgIpc) is 2.59. The molecule has 0 aliphatic heterocycles. The molecule has 4 heteroatoms. The van der Waals surface area contributed by atoms with Gasteiger partial charge in [0.2, 0.25) is 0 Å². The predicted octanol–water partition coefficient (Wildman–Crippen LogP) is 3.37. The van der Waals surface area contributed by atoms with E-state index in [2.05, 4.69) is 20.9 Å². The molecule has 0 amide bonds. The molecule has 0 saturated carbocycles. The number of phenols is 1. The summed E-state index contributed by atoms with van der Waals surface area (Å²) in [5, 5.41) is 9.37. The molecule has 1 N–H and O–H groups in total. The molecule has 0 atom stereocenters. The van der Waals surface area contributed by atoms with Crippen LogP contribution in [0.4, 0.5) is 0 Å². The molecule has 3 nitrogen and oxygen atoms in total. The molecule has 2 rings (SSSR count). The number of aromatic nitrogens is 1. The highest BCUT2D eigenvalue weighted by Crippen LogP contribution is 2.28. The third-order valence-electron chi connectivity index (χ3n) is 2.11. The fraction of sp³-hybridized carbons (Fsp3) is 0.182. The fourth-order valence-corrected chi connectivity index (χ4v) is 1.81. The summed E-state index contributed by atoms with van der Waals surface area (Å²) in [6.07, 6.45) is 0.767. The molecule has 0 saturated heterocycles. The second-order valence-corrected chi connectivity index (χ2v) is 3.82. The van der Waals surface area contributed by atoms with Crippen LogP contribution in [0.2, 0.25) is 0 Å². The molecule has 1 aromatic carbocycles. The van der Waals surface area contributed by atoms with Crippen molar-refractivity contribution in [3.8, 4) is 17.0 Å². The van der Waals surface area contributed by atoms with Gasteiger partial charge in [-0.1, -0.05) is 19.1 Å². The molecule has 0 aliphatic rings. The van der Waals surface area contributed by atoms with Crippen LogP contribution < -0.4 is 0 Å². The van der Waals surface area contributed by atoms with Gasteiger partial charge in [-0.2, -0.15) is 0 Å². The van der Waals surface area contributed by atoms with Crippen LogP contribution in [-0.4, -0.2) is 10.1 Å². The monoisotopic (exact) mass is 267 g/mol. The van der Waals surface area contributed by atoms with Crippen molar-refractivity contribution in [3.63, 3.8) is 0 Å². The number of aryl methyl sites for hydroxylation is 1. The molecule has 1 heterocycles. The van der Waals surface area contributed by atoms with Crippen LogP contribution in [0.25, 0.3) is 11.3 Å². The Labute approximate surface area is 95.9 Å². The minimum Gasteiger partial charge on any atom is -0.508 e. The molecule has 2 aromatic rings. The maximum Gasteiger partial charge on any atom is 0.264 e. The van der Waals surface area contributed by atoms with E-state index in [4.69, 9.17) is 4.42 Å². The van der Waals surface area contributed by atoms with E-state index in [1.807, 2.05) is 13.0 Å². The van der Waals surface area contributed by atoms with E-state index in [0.29, 0.717) is 4.80 Å². The van der Waals surface area contributed by atoms with E-state index in [0.717, 1.165) is 23.4 Å². The first-order chi connectivity index (χ1) is 7.20. The van der Waals surface area contributed by atoms with Crippen molar-refractivity contribution in [2.24, 2.45) is 0 Å². The van der Waals surface area contributed by atoms with Gasteiger partial charge in [-0.25, -0.2) is 4.98 Å². The number of phenolic OH excluding ortho intramolecular Hbond substituents is 1. The van der Waals surface area contributed by atoms with Crippen molar-refractivity contribution in [2.75, 3.05) is 0 Å². The van der Waals surface area contributed by atoms with Crippen molar-refractivity contribution in [1.82, 2.24) is 4.98 Å². The number of benzene rings is 1. The fourth-order valence-electron chi connectivity index (χ4n) is 1.44. The zero-order chi connectivity index (χ0) is 10.8. The van der Waals surface area contributed by atoms with E-state index < -0.39 is 0 Å². The van der Waals surface area contributed by atoms with Gasteiger partial charge < -0.3 is 9.52 Å². The first-order valence-electron chi connectivity index (χ1n) is 4.65. The van der Waals surface area contributed by atoms with Crippen molar-refractivity contribution < 1.29 is 9.52 Å². The van der Waals surface area contributed by atoms with Gasteiger partial charge >= 0.3 is 0 Å². The highest BCUT2D eigenvalue weighted by Gasteiger charge is 2.12. The summed E-state index contributed by atoms with van der Waals surface area (Å²) in [5.74, 6) is 1.04. The largest absolute Gasteiger partial charge is 0.508 e. The number of rotatable bonds is 2. The van der Waals surface area contributed by atoms with Crippen LogP contribution >= 0.6 is 15.9 Å². The lowest BCUT2D eigenvalue weighted by Gasteiger charge is -1.99. The summed E-state index contributed by atoms with van der Waals surface area (Å²) in [5.41, 5.74) is 1.64. The lowest BCUT2D eigenvalue weighted by Crippen LogP contribution is -1.83. The van der Waals surface area contributed by atoms with Gasteiger partial charge in [-0.15, -0.1) is 0 Å². The van der Waals surface area contributed by atoms with Crippen LogP contribution in [-0.2, 0) is 6.42 Å². The molecule has 0 fully saturated rings. The number of oxazole rings is 1. The molecule has 1 aromatic heterocycles. The first-order valence-corrected chi connectivity index (χ1v) is 5.44. The van der Waals surface area contributed by atoms with Gasteiger partial charge in [0.25, 0.3) is 4.80 Å². The Morgan fingerprint density at radius 2 is 2.27 bits per heavy atom. The normalized spacial score (nSPS) is 10.5. The third-order valence-corrected chi connectivity index (χ3v) is 2.45. The van der Waals surface area contributed by atoms with Gasteiger partial charge in [0.15, 0.2) is 0 Å². The van der Waals surface area contributed by atoms with E-state index in [1.165, 1.54) is 0 Å². The van der Waals surface area contributed by atoms with Crippen LogP contribution in [0.3, 0.4) is 0 Å². The quantitative estimate of drug-likeness (QED) is 0.908. The van der Waals surface area contributed by atoms with Crippen molar-refractivity contribution in [1.29, 1.82) is 0 Å². The van der Waals surface area contributed by atoms with Crippen molar-refractivity contribution in [2.45, 2.75) is 13.3 Å². The summed E-state index contributed by atoms with van der Waals surface area (Å²) in [7, 11) is 0. The van der Waals surface area contributed by atoms with Crippen molar-refractivity contribution in [3.05, 3.63) is 34.8 Å². The summed E-state index contributed by atoms with van der Waals surface area (Å²) < 4.78 is 5.38. The zero-order valence-corrected chi connectivity index (χ0v) is 9.78. The molecule has 0 bridgehead atoms. The Morgan fingerprint density at radius 1 is 1.47 bits per heavy atom. The standard InChI is InChI=1S/C11H10BrNO2/c1-2-9-10(13-11(12)15-9)7-4-3-5-8(14)6-7/h3-6,14H,2H2,1H3. The third kappa shape index (κ3) is 2.04. The first kappa shape index (κ1) is 10.2. The summed E-state index contributed by atoms with van der Waals surface area (Å²) in [6, 6.07) is 6.98. The van der Waals surface area contributed by atoms with Crippen LogP contribution in [0, 0.1) is 0 Å². The van der Waals surface area contributed by atoms with Crippen LogP contribution in [0.1, 0.15) is 12.7 Å². The van der Waals surface area contributed by atoms with Gasteiger partial charge in [0, 0.05) is 27.9 Å². The Hall–Kier alpha value is -1.29. The summed E-state index contributed by atoms with van der Waals surface area (Å²) >= 11 is 3.20. The number of aromatic hydroxyl groups is 1. The van der Waals surface area contributed by atoms with Crippen LogP contribution in [0.5, 0.6) is 5.75 Å². The Balaban J connectivity index is 2.53. The Morgan fingerprint density at radius 3 is 2.93 bits per heavy atom. The summed E-state index contributed by atoms with van der Waals surface area (Å²) in [4.78, 5) is 4.70. The van der Waals surface area contributed by atoms with Crippen LogP contribution in [0.15, 0.2) is 33.5 Å². The topological polar surface area (TPSA) is 46.3 Å². The zero-order valence-electron chi connectivity index (χ0n) is 8.20. The molecule has 78 valence electrons. The SMILES string of the molecule is CCc1oc(Br)nc1-c1cccc(O)c1. The summed E-state index contributed by atoms with van der Waals surface area (Å²) in [6.45, 7) is 2.00. The number of hydrogen-bond acceptors (Lipinski definition) is 3. The van der Waals surface area contributed by atoms with E-state index in [9.17, 15) is 5.11 Å². The molecule has 0 spiro atoms. The molecule has 0 radical (unpaired) electrons. The van der Waals surface area contributed by atoms with E-state index in [-0.39, 0.29) is 5.75 Å². The highest BCUT2D eigenvalue weighted by atomic mass is 79.9. The molecular formula is C11H10BrNO2. The maximum absolute atomic E-state index is 9.37. The highest BCUT2D eigenvalue weighted by molar-refractivity contribution is 9.10. The molecule has 0 aliphatic carbocycles. The van der Waals surface area contributed by atoms with Crippen molar-refractivity contribution >= 4 is 15.9 Å². The minimum absolute atomic E-state index is 0.230. The second kappa shape index (κ2) is 4.06. The van der Waals surface area contributed by atoms with Gasteiger partial charge in [-0.05, 0) is 12.1 Å². The smallest absolute Gasteiger partial charge is 0.264 e. The lowest BCUT2D eigenvalue weighted by atomic mass is 10.1. The number of hydrogen-bond donors (Lipinski definition) is 1. The number of halogens is 1. The predicted molar refractivity (Wildman–Crippen MR) is 60.7 cm³/mol. The lowest BCUT2D eigenvalue weighted by molar-refractivity contribution is 0.475. The van der Waals surface area contributed by atoms with E-state index >= 15 is 0 Å². The second-order valence-electron chi connectivity index (χ2n) is 3.14. The van der Waals surface area contributed by atoms with E-state index in [1.54, 1.807) is 18.2 Å².